The average Bonchev–Trinajstić information content (AvgIpc) is 2.53. The Morgan fingerprint density at radius 3 is 2.17 bits per heavy atom. The normalized spacial score (nSPS) is 11.7. The van der Waals surface area contributed by atoms with Gasteiger partial charge >= 0.3 is 6.18 Å². The molecular formula is C17H11F3N2O. The van der Waals surface area contributed by atoms with Crippen LogP contribution in [0.5, 0.6) is 0 Å². The van der Waals surface area contributed by atoms with E-state index in [-0.39, 0.29) is 5.57 Å². The van der Waals surface area contributed by atoms with Gasteiger partial charge in [-0.05, 0) is 35.9 Å². The Bertz CT molecular complexity index is 757. The Morgan fingerprint density at radius 1 is 1.04 bits per heavy atom. The third kappa shape index (κ3) is 4.45. The fourth-order valence-electron chi connectivity index (χ4n) is 1.80. The highest BCUT2D eigenvalue weighted by Gasteiger charge is 2.29. The number of hydrogen-bond acceptors (Lipinski definition) is 2. The number of benzene rings is 2. The maximum Gasteiger partial charge on any atom is 0.416 e. The Hall–Kier alpha value is -3.07. The van der Waals surface area contributed by atoms with Gasteiger partial charge in [0.05, 0.1) is 5.56 Å². The van der Waals surface area contributed by atoms with Crippen LogP contribution in [0.4, 0.5) is 18.9 Å². The highest BCUT2D eigenvalue weighted by Crippen LogP contribution is 2.29. The van der Waals surface area contributed by atoms with Gasteiger partial charge in [-0.2, -0.15) is 18.4 Å². The monoisotopic (exact) mass is 316 g/mol. The number of anilines is 1. The number of hydrogen-bond donors (Lipinski definition) is 1. The minimum absolute atomic E-state index is 0.200. The number of carbonyl (C=O) groups excluding carboxylic acids is 1. The van der Waals surface area contributed by atoms with Crippen molar-refractivity contribution >= 4 is 17.7 Å². The fraction of sp³-hybridized carbons (Fsp3) is 0.0588. The van der Waals surface area contributed by atoms with Gasteiger partial charge in [0.15, 0.2) is 0 Å². The molecule has 1 N–H and O–H groups in total. The maximum absolute atomic E-state index is 12.5. The summed E-state index contributed by atoms with van der Waals surface area (Å²) in [6.45, 7) is 0. The van der Waals surface area contributed by atoms with E-state index in [0.29, 0.717) is 11.3 Å². The number of nitriles is 1. The summed E-state index contributed by atoms with van der Waals surface area (Å²) in [6, 6.07) is 14.5. The molecule has 2 aromatic rings. The summed E-state index contributed by atoms with van der Waals surface area (Å²) in [5.74, 6) is -0.626. The predicted molar refractivity (Wildman–Crippen MR) is 80.1 cm³/mol. The molecule has 1 amide bonds. The number of nitrogens with zero attached hydrogens (tertiary/aromatic N) is 1. The van der Waals surface area contributed by atoms with Crippen LogP contribution in [-0.2, 0) is 11.0 Å². The molecule has 0 aromatic heterocycles. The summed E-state index contributed by atoms with van der Waals surface area (Å²) in [5.41, 5.74) is -0.140. The number of halogens is 3. The zero-order valence-electron chi connectivity index (χ0n) is 11.8. The van der Waals surface area contributed by atoms with Crippen molar-refractivity contribution in [1.29, 1.82) is 5.26 Å². The van der Waals surface area contributed by atoms with E-state index >= 15 is 0 Å². The predicted octanol–water partition coefficient (Wildman–Crippen LogP) is 4.25. The van der Waals surface area contributed by atoms with Crippen molar-refractivity contribution in [1.82, 2.24) is 0 Å². The molecule has 0 aliphatic carbocycles. The largest absolute Gasteiger partial charge is 0.416 e. The molecule has 0 bridgehead atoms. The van der Waals surface area contributed by atoms with Crippen molar-refractivity contribution < 1.29 is 18.0 Å². The number of para-hydroxylation sites is 1. The zero-order valence-corrected chi connectivity index (χ0v) is 11.8. The molecule has 0 radical (unpaired) electrons. The highest BCUT2D eigenvalue weighted by molar-refractivity contribution is 6.09. The molecule has 0 unspecified atom stereocenters. The third-order valence-corrected chi connectivity index (χ3v) is 2.95. The van der Waals surface area contributed by atoms with Crippen molar-refractivity contribution in [2.45, 2.75) is 6.18 Å². The van der Waals surface area contributed by atoms with E-state index in [4.69, 9.17) is 5.26 Å². The van der Waals surface area contributed by atoms with Gasteiger partial charge in [-0.1, -0.05) is 30.3 Å². The molecule has 0 spiro atoms. The molecule has 23 heavy (non-hydrogen) atoms. The molecule has 0 fully saturated rings. The Kier molecular flexibility index (Phi) is 4.82. The second-order valence-corrected chi connectivity index (χ2v) is 4.61. The number of amides is 1. The molecule has 0 saturated carbocycles. The maximum atomic E-state index is 12.5. The molecule has 0 aliphatic heterocycles. The van der Waals surface area contributed by atoms with Crippen LogP contribution in [0, 0.1) is 11.3 Å². The van der Waals surface area contributed by atoms with E-state index < -0.39 is 17.6 Å². The molecule has 3 nitrogen and oxygen atoms in total. The first kappa shape index (κ1) is 16.3. The molecule has 2 rings (SSSR count). The summed E-state index contributed by atoms with van der Waals surface area (Å²) in [6.07, 6.45) is -3.19. The SMILES string of the molecule is N#C/C(=C\c1ccc(C(F)(F)F)cc1)C(=O)Nc1ccccc1. The van der Waals surface area contributed by atoms with Crippen LogP contribution in [-0.4, -0.2) is 5.91 Å². The minimum Gasteiger partial charge on any atom is -0.321 e. The fourth-order valence-corrected chi connectivity index (χ4v) is 1.80. The highest BCUT2D eigenvalue weighted by atomic mass is 19.4. The zero-order chi connectivity index (χ0) is 16.9. The quantitative estimate of drug-likeness (QED) is 0.680. The second kappa shape index (κ2) is 6.79. The van der Waals surface area contributed by atoms with E-state index in [1.807, 2.05) is 0 Å². The summed E-state index contributed by atoms with van der Waals surface area (Å²) in [7, 11) is 0. The number of alkyl halides is 3. The van der Waals surface area contributed by atoms with E-state index in [0.717, 1.165) is 12.1 Å². The van der Waals surface area contributed by atoms with Crippen molar-refractivity contribution in [3.63, 3.8) is 0 Å². The van der Waals surface area contributed by atoms with Crippen molar-refractivity contribution in [3.05, 3.63) is 71.3 Å². The lowest BCUT2D eigenvalue weighted by Crippen LogP contribution is -2.13. The van der Waals surface area contributed by atoms with Gasteiger partial charge in [-0.3, -0.25) is 4.79 Å². The van der Waals surface area contributed by atoms with E-state index in [9.17, 15) is 18.0 Å². The lowest BCUT2D eigenvalue weighted by Gasteiger charge is -2.06. The van der Waals surface area contributed by atoms with Crippen molar-refractivity contribution in [2.75, 3.05) is 5.32 Å². The number of rotatable bonds is 3. The minimum atomic E-state index is -4.43. The van der Waals surface area contributed by atoms with Crippen LogP contribution in [0.25, 0.3) is 6.08 Å². The van der Waals surface area contributed by atoms with Gasteiger partial charge in [0.25, 0.3) is 5.91 Å². The van der Waals surface area contributed by atoms with Gasteiger partial charge in [0.1, 0.15) is 11.6 Å². The van der Waals surface area contributed by atoms with Gasteiger partial charge < -0.3 is 5.32 Å². The van der Waals surface area contributed by atoms with Crippen LogP contribution >= 0.6 is 0 Å². The molecular weight excluding hydrogens is 305 g/mol. The Labute approximate surface area is 130 Å². The lowest BCUT2D eigenvalue weighted by molar-refractivity contribution is -0.137. The van der Waals surface area contributed by atoms with Gasteiger partial charge in [0.2, 0.25) is 0 Å². The topological polar surface area (TPSA) is 52.9 Å². The first-order valence-electron chi connectivity index (χ1n) is 6.55. The van der Waals surface area contributed by atoms with E-state index in [1.54, 1.807) is 36.4 Å². The van der Waals surface area contributed by atoms with Gasteiger partial charge in [-0.15, -0.1) is 0 Å². The molecule has 0 saturated heterocycles. The molecule has 0 aliphatic rings. The second-order valence-electron chi connectivity index (χ2n) is 4.61. The summed E-state index contributed by atoms with van der Waals surface area (Å²) < 4.78 is 37.5. The molecule has 0 atom stereocenters. The Morgan fingerprint density at radius 2 is 1.65 bits per heavy atom. The standard InChI is InChI=1S/C17H11F3N2O/c18-17(19,20)14-8-6-12(7-9-14)10-13(11-21)16(23)22-15-4-2-1-3-5-15/h1-10H,(H,22,23)/b13-10+. The van der Waals surface area contributed by atoms with Crippen LogP contribution < -0.4 is 5.32 Å². The van der Waals surface area contributed by atoms with Crippen LogP contribution in [0.1, 0.15) is 11.1 Å². The first-order valence-corrected chi connectivity index (χ1v) is 6.55. The lowest BCUT2D eigenvalue weighted by atomic mass is 10.1. The van der Waals surface area contributed by atoms with Crippen molar-refractivity contribution in [3.8, 4) is 6.07 Å². The molecule has 0 heterocycles. The Balaban J connectivity index is 2.18. The smallest absolute Gasteiger partial charge is 0.321 e. The molecule has 116 valence electrons. The van der Waals surface area contributed by atoms with Gasteiger partial charge in [0, 0.05) is 5.69 Å². The van der Waals surface area contributed by atoms with Crippen LogP contribution in [0.2, 0.25) is 0 Å². The summed E-state index contributed by atoms with van der Waals surface area (Å²) >= 11 is 0. The molecule has 2 aromatic carbocycles. The van der Waals surface area contributed by atoms with Crippen LogP contribution in [0.3, 0.4) is 0 Å². The first-order chi connectivity index (χ1) is 10.9. The van der Waals surface area contributed by atoms with E-state index in [2.05, 4.69) is 5.32 Å². The van der Waals surface area contributed by atoms with Crippen molar-refractivity contribution in [2.24, 2.45) is 0 Å². The summed E-state index contributed by atoms with van der Waals surface area (Å²) in [5, 5.41) is 11.6. The number of carbonyl (C=O) groups is 1. The summed E-state index contributed by atoms with van der Waals surface area (Å²) in [4.78, 5) is 12.0. The third-order valence-electron chi connectivity index (χ3n) is 2.95. The molecule has 6 heteroatoms. The number of nitrogens with one attached hydrogen (secondary N) is 1. The average molecular weight is 316 g/mol. The van der Waals surface area contributed by atoms with Gasteiger partial charge in [-0.25, -0.2) is 0 Å². The van der Waals surface area contributed by atoms with Crippen LogP contribution in [0.15, 0.2) is 60.2 Å². The van der Waals surface area contributed by atoms with E-state index in [1.165, 1.54) is 18.2 Å².